The minimum absolute atomic E-state index is 0.0134. The summed E-state index contributed by atoms with van der Waals surface area (Å²) in [5.74, 6) is 0.313. The highest BCUT2D eigenvalue weighted by Crippen LogP contribution is 2.22. The molecule has 0 radical (unpaired) electrons. The highest BCUT2D eigenvalue weighted by atomic mass is 16.5. The third-order valence-electron chi connectivity index (χ3n) is 5.24. The van der Waals surface area contributed by atoms with Crippen molar-refractivity contribution in [3.63, 3.8) is 0 Å². The lowest BCUT2D eigenvalue weighted by Gasteiger charge is -2.37. The molecule has 2 aromatic rings. The van der Waals surface area contributed by atoms with Gasteiger partial charge in [-0.25, -0.2) is 14.8 Å². The molecule has 3 rings (SSSR count). The Balaban J connectivity index is 1.69. The van der Waals surface area contributed by atoms with Crippen molar-refractivity contribution in [2.75, 3.05) is 37.7 Å². The summed E-state index contributed by atoms with van der Waals surface area (Å²) < 4.78 is 5.12. The zero-order chi connectivity index (χ0) is 20.3. The lowest BCUT2D eigenvalue weighted by atomic mass is 10.0. The molecule has 2 aromatic heterocycles. The van der Waals surface area contributed by atoms with Crippen LogP contribution in [0.5, 0.6) is 0 Å². The Labute approximate surface area is 164 Å². The standard InChI is InChI=1S/C20H27N5O3/c1-5-28-19(27)16-13(2)17(23-14(16)3)18(26)15(4)24-9-11-25(12-10-24)20-21-7-6-8-22-20/h6-8,15,23H,5,9-12H2,1-4H3/t15-/m0/s1. The Kier molecular flexibility index (Phi) is 6.08. The zero-order valence-corrected chi connectivity index (χ0v) is 16.9. The Morgan fingerprint density at radius 1 is 1.18 bits per heavy atom. The first kappa shape index (κ1) is 20.0. The molecule has 8 heteroatoms. The van der Waals surface area contributed by atoms with Crippen molar-refractivity contribution < 1.29 is 14.3 Å². The van der Waals surface area contributed by atoms with Crippen molar-refractivity contribution in [2.24, 2.45) is 0 Å². The Morgan fingerprint density at radius 3 is 2.43 bits per heavy atom. The Bertz CT molecular complexity index is 841. The molecule has 28 heavy (non-hydrogen) atoms. The van der Waals surface area contributed by atoms with Crippen LogP contribution in [0, 0.1) is 13.8 Å². The van der Waals surface area contributed by atoms with E-state index in [0.717, 1.165) is 32.1 Å². The number of piperazine rings is 1. The summed E-state index contributed by atoms with van der Waals surface area (Å²) in [6.45, 7) is 10.6. The van der Waals surface area contributed by atoms with Gasteiger partial charge >= 0.3 is 5.97 Å². The molecule has 1 saturated heterocycles. The molecule has 3 heterocycles. The summed E-state index contributed by atoms with van der Waals surface area (Å²) in [6, 6.07) is 1.51. The number of esters is 1. The Morgan fingerprint density at radius 2 is 1.82 bits per heavy atom. The van der Waals surface area contributed by atoms with Crippen molar-refractivity contribution in [1.29, 1.82) is 0 Å². The van der Waals surface area contributed by atoms with E-state index in [-0.39, 0.29) is 11.8 Å². The third-order valence-corrected chi connectivity index (χ3v) is 5.24. The normalized spacial score (nSPS) is 16.1. The van der Waals surface area contributed by atoms with E-state index in [2.05, 4.69) is 24.8 Å². The third kappa shape index (κ3) is 3.91. The number of carbonyl (C=O) groups is 2. The second-order valence-electron chi connectivity index (χ2n) is 6.96. The zero-order valence-electron chi connectivity index (χ0n) is 16.9. The number of aromatic nitrogens is 3. The average Bonchev–Trinajstić information content (AvgIpc) is 3.02. The summed E-state index contributed by atoms with van der Waals surface area (Å²) in [4.78, 5) is 41.2. The predicted molar refractivity (Wildman–Crippen MR) is 106 cm³/mol. The number of ether oxygens (including phenoxy) is 1. The molecule has 0 aromatic carbocycles. The Hall–Kier alpha value is -2.74. The molecular formula is C20H27N5O3. The number of ketones is 1. The molecule has 0 aliphatic carbocycles. The predicted octanol–water partition coefficient (Wildman–Crippen LogP) is 1.99. The number of hydrogen-bond acceptors (Lipinski definition) is 7. The summed E-state index contributed by atoms with van der Waals surface area (Å²) in [5, 5.41) is 0. The molecular weight excluding hydrogens is 358 g/mol. The second-order valence-corrected chi connectivity index (χ2v) is 6.96. The molecule has 0 saturated carbocycles. The lowest BCUT2D eigenvalue weighted by Crippen LogP contribution is -2.52. The van der Waals surface area contributed by atoms with Crippen molar-refractivity contribution in [3.8, 4) is 0 Å². The van der Waals surface area contributed by atoms with Crippen molar-refractivity contribution in [3.05, 3.63) is 41.0 Å². The summed E-state index contributed by atoms with van der Waals surface area (Å²) in [6.07, 6.45) is 3.47. The minimum atomic E-state index is -0.392. The van der Waals surface area contributed by atoms with Gasteiger partial charge in [-0.2, -0.15) is 0 Å². The van der Waals surface area contributed by atoms with Gasteiger partial charge < -0.3 is 14.6 Å². The molecule has 150 valence electrons. The van der Waals surface area contributed by atoms with Crippen LogP contribution in [0.4, 0.5) is 5.95 Å². The van der Waals surface area contributed by atoms with Gasteiger partial charge in [0, 0.05) is 44.3 Å². The molecule has 1 N–H and O–H groups in total. The van der Waals surface area contributed by atoms with Crippen LogP contribution in [0.15, 0.2) is 18.5 Å². The molecule has 1 aliphatic rings. The van der Waals surface area contributed by atoms with Crippen LogP contribution in [0.2, 0.25) is 0 Å². The molecule has 0 amide bonds. The van der Waals surface area contributed by atoms with E-state index in [0.29, 0.717) is 29.1 Å². The SMILES string of the molecule is CCOC(=O)c1c(C)[nH]c(C(=O)[C@H](C)N2CCN(c3ncccn3)CC2)c1C. The van der Waals surface area contributed by atoms with Crippen LogP contribution in [0.1, 0.15) is 46.0 Å². The number of anilines is 1. The fourth-order valence-electron chi connectivity index (χ4n) is 3.64. The highest BCUT2D eigenvalue weighted by molar-refractivity contribution is 6.03. The monoisotopic (exact) mass is 385 g/mol. The molecule has 0 spiro atoms. The molecule has 0 bridgehead atoms. The van der Waals surface area contributed by atoms with Gasteiger partial charge in [-0.1, -0.05) is 0 Å². The van der Waals surface area contributed by atoms with Crippen LogP contribution in [-0.2, 0) is 4.74 Å². The number of Topliss-reactive ketones (excluding diaryl/α,β-unsaturated/α-hetero) is 1. The number of H-pyrrole nitrogens is 1. The van der Waals surface area contributed by atoms with Crippen molar-refractivity contribution in [1.82, 2.24) is 19.9 Å². The van der Waals surface area contributed by atoms with Gasteiger partial charge in [-0.15, -0.1) is 0 Å². The minimum Gasteiger partial charge on any atom is -0.462 e. The first-order valence-corrected chi connectivity index (χ1v) is 9.60. The number of aryl methyl sites for hydroxylation is 1. The maximum absolute atomic E-state index is 13.1. The fourth-order valence-corrected chi connectivity index (χ4v) is 3.64. The van der Waals surface area contributed by atoms with E-state index < -0.39 is 5.97 Å². The number of aromatic amines is 1. The van der Waals surface area contributed by atoms with E-state index >= 15 is 0 Å². The van der Waals surface area contributed by atoms with E-state index in [9.17, 15) is 9.59 Å². The first-order valence-electron chi connectivity index (χ1n) is 9.60. The van der Waals surface area contributed by atoms with Gasteiger partial charge in [0.15, 0.2) is 5.78 Å². The van der Waals surface area contributed by atoms with Gasteiger partial charge in [-0.3, -0.25) is 9.69 Å². The van der Waals surface area contributed by atoms with Crippen LogP contribution in [0.3, 0.4) is 0 Å². The highest BCUT2D eigenvalue weighted by Gasteiger charge is 2.30. The first-order chi connectivity index (χ1) is 13.4. The molecule has 0 unspecified atom stereocenters. The number of rotatable bonds is 6. The molecule has 1 aliphatic heterocycles. The average molecular weight is 385 g/mol. The smallest absolute Gasteiger partial charge is 0.340 e. The van der Waals surface area contributed by atoms with Gasteiger partial charge in [-0.05, 0) is 39.3 Å². The summed E-state index contributed by atoms with van der Waals surface area (Å²) in [7, 11) is 0. The van der Waals surface area contributed by atoms with Crippen LogP contribution < -0.4 is 4.90 Å². The van der Waals surface area contributed by atoms with E-state index in [1.807, 2.05) is 6.92 Å². The maximum Gasteiger partial charge on any atom is 0.340 e. The van der Waals surface area contributed by atoms with E-state index in [1.165, 1.54) is 0 Å². The molecule has 1 atom stereocenters. The number of nitrogens with zero attached hydrogens (tertiary/aromatic N) is 4. The largest absolute Gasteiger partial charge is 0.462 e. The number of hydrogen-bond donors (Lipinski definition) is 1. The number of nitrogens with one attached hydrogen (secondary N) is 1. The summed E-state index contributed by atoms with van der Waals surface area (Å²) >= 11 is 0. The maximum atomic E-state index is 13.1. The molecule has 8 nitrogen and oxygen atoms in total. The van der Waals surface area contributed by atoms with Crippen LogP contribution in [-0.4, -0.2) is 70.4 Å². The van der Waals surface area contributed by atoms with Gasteiger partial charge in [0.05, 0.1) is 23.9 Å². The van der Waals surface area contributed by atoms with Crippen LogP contribution >= 0.6 is 0 Å². The van der Waals surface area contributed by atoms with Crippen molar-refractivity contribution >= 4 is 17.7 Å². The van der Waals surface area contributed by atoms with Gasteiger partial charge in [0.2, 0.25) is 5.95 Å². The van der Waals surface area contributed by atoms with Crippen LogP contribution in [0.25, 0.3) is 0 Å². The topological polar surface area (TPSA) is 91.4 Å². The summed E-state index contributed by atoms with van der Waals surface area (Å²) in [5.41, 5.74) is 2.27. The van der Waals surface area contributed by atoms with E-state index in [1.54, 1.807) is 39.2 Å². The quantitative estimate of drug-likeness (QED) is 0.600. The van der Waals surface area contributed by atoms with Gasteiger partial charge in [0.1, 0.15) is 0 Å². The van der Waals surface area contributed by atoms with Gasteiger partial charge in [0.25, 0.3) is 0 Å². The fraction of sp³-hybridized carbons (Fsp3) is 0.500. The van der Waals surface area contributed by atoms with E-state index in [4.69, 9.17) is 4.74 Å². The molecule has 1 fully saturated rings. The lowest BCUT2D eigenvalue weighted by molar-refractivity contribution is 0.0525. The van der Waals surface area contributed by atoms with Crippen molar-refractivity contribution in [2.45, 2.75) is 33.7 Å². The second kappa shape index (κ2) is 8.52. The number of carbonyl (C=O) groups excluding carboxylic acids is 2.